The lowest BCUT2D eigenvalue weighted by Crippen LogP contribution is -2.19. The highest BCUT2D eigenvalue weighted by molar-refractivity contribution is 5.20. The largest absolute Gasteiger partial charge is 0.392 e. The molecule has 5 heteroatoms. The molecule has 0 saturated heterocycles. The number of aryl methyl sites for hydroxylation is 1. The number of hydrogen-bond donors (Lipinski definition) is 1. The van der Waals surface area contributed by atoms with Crippen molar-refractivity contribution < 1.29 is 5.11 Å². The normalized spacial score (nSPS) is 14.5. The summed E-state index contributed by atoms with van der Waals surface area (Å²) in [5.74, 6) is 0.628. The molecule has 0 radical (unpaired) electrons. The Balaban J connectivity index is 2.03. The minimum atomic E-state index is -0.499. The third-order valence-electron chi connectivity index (χ3n) is 2.84. The Morgan fingerprint density at radius 2 is 2.00 bits per heavy atom. The minimum Gasteiger partial charge on any atom is -0.392 e. The van der Waals surface area contributed by atoms with E-state index in [-0.39, 0.29) is 5.92 Å². The monoisotopic (exact) mass is 232 g/mol. The fourth-order valence-corrected chi connectivity index (χ4v) is 1.75. The lowest BCUT2D eigenvalue weighted by atomic mass is 9.93. The molecule has 1 aromatic heterocycles. The van der Waals surface area contributed by atoms with Crippen molar-refractivity contribution in [2.45, 2.75) is 25.4 Å². The predicted molar refractivity (Wildman–Crippen MR) is 63.4 cm³/mol. The van der Waals surface area contributed by atoms with E-state index in [0.717, 1.165) is 5.56 Å². The van der Waals surface area contributed by atoms with Gasteiger partial charge < -0.3 is 5.11 Å². The second-order valence-corrected chi connectivity index (χ2v) is 4.17. The number of aliphatic hydroxyl groups is 1. The van der Waals surface area contributed by atoms with Crippen LogP contribution in [0.3, 0.4) is 0 Å². The average molecular weight is 232 g/mol. The first-order valence-corrected chi connectivity index (χ1v) is 5.62. The van der Waals surface area contributed by atoms with Crippen molar-refractivity contribution >= 4 is 0 Å². The molecule has 2 unspecified atom stereocenters. The van der Waals surface area contributed by atoms with Crippen molar-refractivity contribution in [3.63, 3.8) is 0 Å². The first-order valence-electron chi connectivity index (χ1n) is 5.62. The van der Waals surface area contributed by atoms with Crippen molar-refractivity contribution in [3.8, 4) is 0 Å². The van der Waals surface area contributed by atoms with Crippen LogP contribution in [0.2, 0.25) is 0 Å². The molecule has 0 aliphatic carbocycles. The molecule has 1 aromatic carbocycles. The van der Waals surface area contributed by atoms with Crippen LogP contribution in [0.1, 0.15) is 24.2 Å². The molecule has 1 heterocycles. The quantitative estimate of drug-likeness (QED) is 0.851. The van der Waals surface area contributed by atoms with E-state index in [2.05, 4.69) is 15.4 Å². The van der Waals surface area contributed by atoms with Crippen molar-refractivity contribution in [2.24, 2.45) is 7.05 Å². The number of aliphatic hydroxyl groups excluding tert-OH is 1. The van der Waals surface area contributed by atoms with E-state index < -0.39 is 6.10 Å². The highest BCUT2D eigenvalue weighted by atomic mass is 16.3. The Morgan fingerprint density at radius 1 is 1.29 bits per heavy atom. The Morgan fingerprint density at radius 3 is 2.59 bits per heavy atom. The van der Waals surface area contributed by atoms with E-state index in [1.54, 1.807) is 7.05 Å². The molecule has 0 spiro atoms. The number of aromatic nitrogens is 4. The van der Waals surface area contributed by atoms with Gasteiger partial charge in [0.25, 0.3) is 0 Å². The number of tetrazole rings is 1. The molecule has 2 aromatic rings. The van der Waals surface area contributed by atoms with Gasteiger partial charge >= 0.3 is 0 Å². The number of rotatable bonds is 4. The molecule has 0 saturated carbocycles. The Kier molecular flexibility index (Phi) is 3.49. The number of benzene rings is 1. The van der Waals surface area contributed by atoms with Crippen LogP contribution in [-0.4, -0.2) is 31.4 Å². The van der Waals surface area contributed by atoms with Gasteiger partial charge in [-0.25, -0.2) is 0 Å². The van der Waals surface area contributed by atoms with Crippen LogP contribution in [0, 0.1) is 0 Å². The first kappa shape index (κ1) is 11.7. The summed E-state index contributed by atoms with van der Waals surface area (Å²) in [5, 5.41) is 21.8. The zero-order chi connectivity index (χ0) is 12.3. The smallest absolute Gasteiger partial charge is 0.177 e. The van der Waals surface area contributed by atoms with E-state index in [1.807, 2.05) is 37.3 Å². The Labute approximate surface area is 100 Å². The maximum Gasteiger partial charge on any atom is 0.177 e. The highest BCUT2D eigenvalue weighted by Gasteiger charge is 2.18. The minimum absolute atomic E-state index is 0.0556. The van der Waals surface area contributed by atoms with Crippen molar-refractivity contribution in [1.82, 2.24) is 20.2 Å². The standard InChI is InChI=1S/C12H16N4O/c1-9(10-6-4-3-5-7-10)11(17)8-12-13-15-16(2)14-12/h3-7,9,11,17H,8H2,1-2H3. The fourth-order valence-electron chi connectivity index (χ4n) is 1.75. The first-order chi connectivity index (χ1) is 8.16. The zero-order valence-corrected chi connectivity index (χ0v) is 9.98. The maximum absolute atomic E-state index is 10.1. The van der Waals surface area contributed by atoms with E-state index in [1.165, 1.54) is 4.80 Å². The van der Waals surface area contributed by atoms with E-state index in [0.29, 0.717) is 12.2 Å². The zero-order valence-electron chi connectivity index (χ0n) is 9.98. The second kappa shape index (κ2) is 5.05. The molecular formula is C12H16N4O. The summed E-state index contributed by atoms with van der Waals surface area (Å²) in [4.78, 5) is 1.40. The van der Waals surface area contributed by atoms with Crippen LogP contribution in [0.15, 0.2) is 30.3 Å². The van der Waals surface area contributed by atoms with Gasteiger partial charge in [-0.05, 0) is 10.8 Å². The van der Waals surface area contributed by atoms with Crippen LogP contribution in [0.5, 0.6) is 0 Å². The number of nitrogens with zero attached hydrogens (tertiary/aromatic N) is 4. The van der Waals surface area contributed by atoms with Crippen molar-refractivity contribution in [2.75, 3.05) is 0 Å². The van der Waals surface area contributed by atoms with Gasteiger partial charge in [0.15, 0.2) is 5.82 Å². The van der Waals surface area contributed by atoms with Crippen LogP contribution in [0.25, 0.3) is 0 Å². The molecule has 2 rings (SSSR count). The molecule has 0 aliphatic rings. The summed E-state index contributed by atoms with van der Waals surface area (Å²) in [5.41, 5.74) is 1.11. The Hall–Kier alpha value is -1.75. The third kappa shape index (κ3) is 2.88. The van der Waals surface area contributed by atoms with Gasteiger partial charge in [0, 0.05) is 12.3 Å². The van der Waals surface area contributed by atoms with Crippen LogP contribution < -0.4 is 0 Å². The summed E-state index contributed by atoms with van der Waals surface area (Å²) in [6.45, 7) is 2.00. The fraction of sp³-hybridized carbons (Fsp3) is 0.417. The van der Waals surface area contributed by atoms with Crippen molar-refractivity contribution in [1.29, 1.82) is 0 Å². The van der Waals surface area contributed by atoms with Gasteiger partial charge in [0.1, 0.15) is 0 Å². The third-order valence-corrected chi connectivity index (χ3v) is 2.84. The molecule has 0 amide bonds. The van der Waals surface area contributed by atoms with E-state index >= 15 is 0 Å². The summed E-state index contributed by atoms with van der Waals surface area (Å²) in [6, 6.07) is 9.93. The SMILES string of the molecule is CC(c1ccccc1)C(O)Cc1nnn(C)n1. The van der Waals surface area contributed by atoms with Gasteiger partial charge in [-0.15, -0.1) is 10.2 Å². The lowest BCUT2D eigenvalue weighted by molar-refractivity contribution is 0.147. The molecule has 0 fully saturated rings. The van der Waals surface area contributed by atoms with Gasteiger partial charge in [-0.2, -0.15) is 4.80 Å². The van der Waals surface area contributed by atoms with Crippen molar-refractivity contribution in [3.05, 3.63) is 41.7 Å². The van der Waals surface area contributed by atoms with Crippen LogP contribution in [0.4, 0.5) is 0 Å². The van der Waals surface area contributed by atoms with Gasteiger partial charge in [-0.1, -0.05) is 37.3 Å². The molecule has 0 aliphatic heterocycles. The van der Waals surface area contributed by atoms with E-state index in [9.17, 15) is 5.11 Å². The summed E-state index contributed by atoms with van der Waals surface area (Å²) < 4.78 is 0. The molecule has 17 heavy (non-hydrogen) atoms. The summed E-state index contributed by atoms with van der Waals surface area (Å²) in [7, 11) is 1.71. The Bertz CT molecular complexity index is 468. The molecular weight excluding hydrogens is 216 g/mol. The highest BCUT2D eigenvalue weighted by Crippen LogP contribution is 2.20. The molecule has 2 atom stereocenters. The predicted octanol–water partition coefficient (Wildman–Crippen LogP) is 0.917. The number of hydrogen-bond acceptors (Lipinski definition) is 4. The molecule has 5 nitrogen and oxygen atoms in total. The van der Waals surface area contributed by atoms with Gasteiger partial charge in [0.05, 0.1) is 13.2 Å². The maximum atomic E-state index is 10.1. The molecule has 90 valence electrons. The molecule has 1 N–H and O–H groups in total. The summed E-state index contributed by atoms with van der Waals surface area (Å²) in [6.07, 6.45) is -0.0780. The van der Waals surface area contributed by atoms with E-state index in [4.69, 9.17) is 0 Å². The molecule has 0 bridgehead atoms. The van der Waals surface area contributed by atoms with Gasteiger partial charge in [-0.3, -0.25) is 0 Å². The van der Waals surface area contributed by atoms with Gasteiger partial charge in [0.2, 0.25) is 0 Å². The van der Waals surface area contributed by atoms with Crippen LogP contribution in [-0.2, 0) is 13.5 Å². The second-order valence-electron chi connectivity index (χ2n) is 4.17. The van der Waals surface area contributed by atoms with Crippen LogP contribution >= 0.6 is 0 Å². The summed E-state index contributed by atoms with van der Waals surface area (Å²) >= 11 is 0. The lowest BCUT2D eigenvalue weighted by Gasteiger charge is -2.17. The topological polar surface area (TPSA) is 63.8 Å². The average Bonchev–Trinajstić information content (AvgIpc) is 2.75.